The first-order valence-corrected chi connectivity index (χ1v) is 11.1. The number of rotatable bonds is 7. The van der Waals surface area contributed by atoms with Crippen LogP contribution in [0.2, 0.25) is 10.0 Å². The second kappa shape index (κ2) is 9.18. The molecule has 1 heterocycles. The molecule has 2 aromatic carbocycles. The lowest BCUT2D eigenvalue weighted by atomic mass is 10.2. The van der Waals surface area contributed by atoms with E-state index in [1.165, 1.54) is 25.1 Å². The van der Waals surface area contributed by atoms with Gasteiger partial charge < -0.3 is 9.15 Å². The molecule has 7 nitrogen and oxygen atoms in total. The van der Waals surface area contributed by atoms with Crippen molar-refractivity contribution in [2.75, 3.05) is 0 Å². The van der Waals surface area contributed by atoms with Crippen LogP contribution in [0.5, 0.6) is 0 Å². The average Bonchev–Trinajstić information content (AvgIpc) is 3.09. The van der Waals surface area contributed by atoms with E-state index in [-0.39, 0.29) is 21.5 Å². The van der Waals surface area contributed by atoms with Gasteiger partial charge in [0.05, 0.1) is 14.9 Å². The highest BCUT2D eigenvalue weighted by Gasteiger charge is 2.24. The van der Waals surface area contributed by atoms with Crippen LogP contribution in [-0.4, -0.2) is 25.4 Å². The summed E-state index contributed by atoms with van der Waals surface area (Å²) in [5.41, 5.74) is 1.24. The summed E-state index contributed by atoms with van der Waals surface area (Å²) in [7, 11) is -3.99. The van der Waals surface area contributed by atoms with Gasteiger partial charge in [-0.2, -0.15) is 4.72 Å². The molecule has 0 saturated heterocycles. The Bertz CT molecular complexity index is 1160. The molecule has 10 heteroatoms. The number of esters is 1. The number of sulfonamides is 1. The molecule has 30 heavy (non-hydrogen) atoms. The van der Waals surface area contributed by atoms with E-state index in [1.54, 1.807) is 6.92 Å². The van der Waals surface area contributed by atoms with E-state index in [2.05, 4.69) is 9.71 Å². The van der Waals surface area contributed by atoms with Gasteiger partial charge in [-0.3, -0.25) is 4.79 Å². The van der Waals surface area contributed by atoms with Gasteiger partial charge in [-0.25, -0.2) is 13.4 Å². The first-order chi connectivity index (χ1) is 14.2. The smallest absolute Gasteiger partial charge is 0.324 e. The topological polar surface area (TPSA) is 98.5 Å². The van der Waals surface area contributed by atoms with Crippen molar-refractivity contribution in [3.63, 3.8) is 0 Å². The van der Waals surface area contributed by atoms with Gasteiger partial charge in [0.15, 0.2) is 0 Å². The molecular weight excluding hydrogens is 451 g/mol. The first-order valence-electron chi connectivity index (χ1n) is 8.83. The number of nitrogens with one attached hydrogen (secondary N) is 1. The Morgan fingerprint density at radius 1 is 1.17 bits per heavy atom. The fourth-order valence-corrected chi connectivity index (χ4v) is 4.10. The van der Waals surface area contributed by atoms with Crippen LogP contribution in [0.15, 0.2) is 57.8 Å². The lowest BCUT2D eigenvalue weighted by Gasteiger charge is -2.13. The van der Waals surface area contributed by atoms with E-state index in [9.17, 15) is 13.2 Å². The number of oxazole rings is 1. The fraction of sp³-hybridized carbons (Fsp3) is 0.200. The molecule has 3 aromatic rings. The maximum atomic E-state index is 12.5. The number of aryl methyl sites for hydroxylation is 1. The van der Waals surface area contributed by atoms with Gasteiger partial charge >= 0.3 is 5.97 Å². The second-order valence-electron chi connectivity index (χ2n) is 6.41. The molecule has 158 valence electrons. The highest BCUT2D eigenvalue weighted by Crippen LogP contribution is 2.25. The third-order valence-corrected chi connectivity index (χ3v) is 6.43. The molecular formula is C20H18Cl2N2O5S. The molecule has 0 unspecified atom stereocenters. The van der Waals surface area contributed by atoms with E-state index in [0.29, 0.717) is 17.3 Å². The number of carbonyl (C=O) groups is 1. The van der Waals surface area contributed by atoms with E-state index in [0.717, 1.165) is 5.56 Å². The van der Waals surface area contributed by atoms with Gasteiger partial charge in [-0.05, 0) is 44.2 Å². The molecule has 1 aromatic heterocycles. The van der Waals surface area contributed by atoms with E-state index < -0.39 is 22.0 Å². The van der Waals surface area contributed by atoms with Crippen LogP contribution in [-0.2, 0) is 26.2 Å². The predicted octanol–water partition coefficient (Wildman–Crippen LogP) is 4.37. The molecule has 1 atom stereocenters. The molecule has 0 amide bonds. The molecule has 0 aliphatic heterocycles. The van der Waals surface area contributed by atoms with Crippen LogP contribution in [0.25, 0.3) is 11.5 Å². The quantitative estimate of drug-likeness (QED) is 0.516. The van der Waals surface area contributed by atoms with Crippen molar-refractivity contribution in [2.45, 2.75) is 31.4 Å². The maximum absolute atomic E-state index is 12.5. The van der Waals surface area contributed by atoms with E-state index in [1.807, 2.05) is 30.3 Å². The van der Waals surface area contributed by atoms with Crippen LogP contribution >= 0.6 is 23.2 Å². The lowest BCUT2D eigenvalue weighted by Crippen LogP contribution is -2.39. The van der Waals surface area contributed by atoms with Crippen molar-refractivity contribution in [1.29, 1.82) is 0 Å². The molecule has 0 radical (unpaired) electrons. The Morgan fingerprint density at radius 2 is 1.87 bits per heavy atom. The Morgan fingerprint density at radius 3 is 2.53 bits per heavy atom. The zero-order valence-electron chi connectivity index (χ0n) is 16.1. The second-order valence-corrected chi connectivity index (χ2v) is 8.94. The minimum Gasteiger partial charge on any atom is -0.458 e. The molecule has 0 saturated carbocycles. The molecule has 0 spiro atoms. The fourth-order valence-electron chi connectivity index (χ4n) is 2.52. The Kier molecular flexibility index (Phi) is 6.82. The Balaban J connectivity index is 1.63. The van der Waals surface area contributed by atoms with Gasteiger partial charge in [0, 0.05) is 5.56 Å². The number of hydrogen-bond acceptors (Lipinski definition) is 6. The first kappa shape index (κ1) is 22.3. The van der Waals surface area contributed by atoms with Crippen molar-refractivity contribution >= 4 is 39.2 Å². The Hall–Kier alpha value is -2.39. The number of benzene rings is 2. The van der Waals surface area contributed by atoms with Gasteiger partial charge in [-0.1, -0.05) is 41.4 Å². The monoisotopic (exact) mass is 468 g/mol. The number of nitrogens with zero attached hydrogens (tertiary/aromatic N) is 1. The maximum Gasteiger partial charge on any atom is 0.324 e. The Labute approximate surface area is 184 Å². The van der Waals surface area contributed by atoms with Crippen molar-refractivity contribution in [2.24, 2.45) is 0 Å². The molecule has 3 rings (SSSR count). The van der Waals surface area contributed by atoms with Crippen LogP contribution < -0.4 is 4.72 Å². The van der Waals surface area contributed by atoms with Gasteiger partial charge in [-0.15, -0.1) is 0 Å². The summed E-state index contributed by atoms with van der Waals surface area (Å²) in [6.07, 6.45) is 0. The normalized spacial score (nSPS) is 12.5. The minimum atomic E-state index is -3.99. The highest BCUT2D eigenvalue weighted by molar-refractivity contribution is 7.89. The van der Waals surface area contributed by atoms with Crippen LogP contribution in [0, 0.1) is 6.92 Å². The van der Waals surface area contributed by atoms with E-state index >= 15 is 0 Å². The summed E-state index contributed by atoms with van der Waals surface area (Å²) in [5, 5.41) is 0.312. The molecule has 1 N–H and O–H groups in total. The number of aromatic nitrogens is 1. The number of hydrogen-bond donors (Lipinski definition) is 1. The third kappa shape index (κ3) is 5.20. The zero-order chi connectivity index (χ0) is 21.9. The average molecular weight is 469 g/mol. The summed E-state index contributed by atoms with van der Waals surface area (Å²) in [5.74, 6) is 0.153. The standard InChI is InChI=1S/C20H18Cl2N2O5S/c1-12(24-30(26,27)15-8-9-16(21)17(22)10-15)20(25)28-11-18-13(2)29-19(23-18)14-6-4-3-5-7-14/h3-10,12,24H,11H2,1-2H3/t12-/m0/s1. The third-order valence-electron chi connectivity index (χ3n) is 4.15. The van der Waals surface area contributed by atoms with Gasteiger partial charge in [0.2, 0.25) is 15.9 Å². The number of halogens is 2. The molecule has 0 aliphatic carbocycles. The summed E-state index contributed by atoms with van der Waals surface area (Å²) in [6, 6.07) is 12.0. The number of ether oxygens (including phenoxy) is 1. The zero-order valence-corrected chi connectivity index (χ0v) is 18.4. The van der Waals surface area contributed by atoms with Crippen LogP contribution in [0.4, 0.5) is 0 Å². The van der Waals surface area contributed by atoms with Crippen LogP contribution in [0.3, 0.4) is 0 Å². The predicted molar refractivity (Wildman–Crippen MR) is 113 cm³/mol. The lowest BCUT2D eigenvalue weighted by molar-refractivity contribution is -0.146. The number of carbonyl (C=O) groups excluding carboxylic acids is 1. The molecule has 0 bridgehead atoms. The summed E-state index contributed by atoms with van der Waals surface area (Å²) in [6.45, 7) is 2.93. The van der Waals surface area contributed by atoms with Crippen molar-refractivity contribution in [3.05, 3.63) is 70.0 Å². The highest BCUT2D eigenvalue weighted by atomic mass is 35.5. The summed E-state index contributed by atoms with van der Waals surface area (Å²) in [4.78, 5) is 16.5. The van der Waals surface area contributed by atoms with E-state index in [4.69, 9.17) is 32.4 Å². The SMILES string of the molecule is Cc1oc(-c2ccccc2)nc1COC(=O)[C@H](C)NS(=O)(=O)c1ccc(Cl)c(Cl)c1. The molecule has 0 aliphatic rings. The van der Waals surface area contributed by atoms with Crippen molar-refractivity contribution in [1.82, 2.24) is 9.71 Å². The summed E-state index contributed by atoms with van der Waals surface area (Å²) < 4.78 is 38.0. The van der Waals surface area contributed by atoms with Crippen molar-refractivity contribution in [3.8, 4) is 11.5 Å². The minimum absolute atomic E-state index is 0.0884. The van der Waals surface area contributed by atoms with Crippen molar-refractivity contribution < 1.29 is 22.4 Å². The molecule has 0 fully saturated rings. The van der Waals surface area contributed by atoms with Crippen LogP contribution in [0.1, 0.15) is 18.4 Å². The van der Waals surface area contributed by atoms with Gasteiger partial charge in [0.1, 0.15) is 24.1 Å². The summed E-state index contributed by atoms with van der Waals surface area (Å²) >= 11 is 11.7. The van der Waals surface area contributed by atoms with Gasteiger partial charge in [0.25, 0.3) is 0 Å². The largest absolute Gasteiger partial charge is 0.458 e.